The molecule has 1 heterocycles. The minimum absolute atomic E-state index is 0.622. The predicted octanol–water partition coefficient (Wildman–Crippen LogP) is 2.53. The van der Waals surface area contributed by atoms with Gasteiger partial charge in [-0.25, -0.2) is 9.97 Å². The molecule has 1 N–H and O–H groups in total. The van der Waals surface area contributed by atoms with Gasteiger partial charge in [0.1, 0.15) is 17.5 Å². The van der Waals surface area contributed by atoms with Crippen molar-refractivity contribution in [3.8, 4) is 0 Å². The van der Waals surface area contributed by atoms with Crippen LogP contribution in [0.5, 0.6) is 0 Å². The van der Waals surface area contributed by atoms with Crippen molar-refractivity contribution in [2.45, 2.75) is 46.1 Å². The van der Waals surface area contributed by atoms with Crippen LogP contribution in [0.15, 0.2) is 0 Å². The number of nitrogens with zero attached hydrogens (tertiary/aromatic N) is 3. The van der Waals surface area contributed by atoms with Gasteiger partial charge in [-0.15, -0.1) is 0 Å². The molecule has 5 heteroatoms. The second-order valence-electron chi connectivity index (χ2n) is 5.41. The first-order valence-electron chi connectivity index (χ1n) is 7.52. The number of aromatic nitrogens is 2. The van der Waals surface area contributed by atoms with Gasteiger partial charge in [0.2, 0.25) is 0 Å². The first kappa shape index (κ1) is 15.0. The summed E-state index contributed by atoms with van der Waals surface area (Å²) in [5, 5.41) is 3.41. The molecule has 0 aliphatic heterocycles. The second kappa shape index (κ2) is 6.88. The van der Waals surface area contributed by atoms with Gasteiger partial charge >= 0.3 is 0 Å². The van der Waals surface area contributed by atoms with E-state index in [2.05, 4.69) is 34.0 Å². The van der Waals surface area contributed by atoms with E-state index >= 15 is 0 Å². The quantitative estimate of drug-likeness (QED) is 0.792. The number of nitrogens with one attached hydrogen (secondary N) is 1. The largest absolute Gasteiger partial charge is 0.383 e. The predicted molar refractivity (Wildman–Crippen MR) is 82.5 cm³/mol. The Balaban J connectivity index is 2.25. The Morgan fingerprint density at radius 1 is 1.30 bits per heavy atom. The zero-order valence-corrected chi connectivity index (χ0v) is 13.1. The Labute approximate surface area is 121 Å². The molecule has 1 aromatic heterocycles. The molecule has 0 atom stereocenters. The van der Waals surface area contributed by atoms with Crippen LogP contribution in [0, 0.1) is 13.8 Å². The number of anilines is 2. The third-order valence-corrected chi connectivity index (χ3v) is 3.57. The lowest BCUT2D eigenvalue weighted by Gasteiger charge is -2.26. The molecule has 0 radical (unpaired) electrons. The third kappa shape index (κ3) is 3.60. The zero-order valence-electron chi connectivity index (χ0n) is 13.1. The van der Waals surface area contributed by atoms with Crippen molar-refractivity contribution >= 4 is 11.6 Å². The number of methoxy groups -OCH3 is 1. The van der Waals surface area contributed by atoms with Crippen LogP contribution in [0.4, 0.5) is 11.6 Å². The normalized spacial score (nSPS) is 14.4. The maximum atomic E-state index is 5.24. The van der Waals surface area contributed by atoms with Crippen molar-refractivity contribution in [1.82, 2.24) is 9.97 Å². The Morgan fingerprint density at radius 2 is 2.05 bits per heavy atom. The summed E-state index contributed by atoms with van der Waals surface area (Å²) in [4.78, 5) is 11.6. The summed E-state index contributed by atoms with van der Waals surface area (Å²) in [5.74, 6) is 2.86. The van der Waals surface area contributed by atoms with Gasteiger partial charge in [-0.2, -0.15) is 0 Å². The third-order valence-electron chi connectivity index (χ3n) is 3.57. The molecule has 112 valence electrons. The van der Waals surface area contributed by atoms with Crippen LogP contribution in [0.2, 0.25) is 0 Å². The average molecular weight is 278 g/mol. The van der Waals surface area contributed by atoms with E-state index in [0.717, 1.165) is 49.1 Å². The highest BCUT2D eigenvalue weighted by Gasteiger charge is 2.31. The molecule has 1 aromatic rings. The summed E-state index contributed by atoms with van der Waals surface area (Å²) in [6.07, 6.45) is 3.60. The summed E-state index contributed by atoms with van der Waals surface area (Å²) in [5.41, 5.74) is 1.15. The minimum atomic E-state index is 0.622. The molecule has 20 heavy (non-hydrogen) atoms. The van der Waals surface area contributed by atoms with Gasteiger partial charge < -0.3 is 15.0 Å². The van der Waals surface area contributed by atoms with Crippen molar-refractivity contribution in [3.05, 3.63) is 11.4 Å². The molecule has 1 aliphatic carbocycles. The van der Waals surface area contributed by atoms with E-state index in [0.29, 0.717) is 6.04 Å². The van der Waals surface area contributed by atoms with E-state index < -0.39 is 0 Å². The van der Waals surface area contributed by atoms with Gasteiger partial charge in [-0.1, -0.05) is 6.92 Å². The van der Waals surface area contributed by atoms with E-state index in [1.54, 1.807) is 7.11 Å². The summed E-state index contributed by atoms with van der Waals surface area (Å²) in [7, 11) is 1.75. The summed E-state index contributed by atoms with van der Waals surface area (Å²) < 4.78 is 5.24. The fraction of sp³-hybridized carbons (Fsp3) is 0.733. The molecule has 0 saturated heterocycles. The van der Waals surface area contributed by atoms with E-state index in [1.807, 2.05) is 6.92 Å². The summed E-state index contributed by atoms with van der Waals surface area (Å²) in [6, 6.07) is 0.622. The van der Waals surface area contributed by atoms with Crippen LogP contribution >= 0.6 is 0 Å². The Kier molecular flexibility index (Phi) is 5.17. The molecule has 0 unspecified atom stereocenters. The van der Waals surface area contributed by atoms with Crippen molar-refractivity contribution in [2.75, 3.05) is 37.0 Å². The molecule has 2 rings (SSSR count). The first-order valence-corrected chi connectivity index (χ1v) is 7.52. The molecule has 0 aromatic carbocycles. The molecule has 0 bridgehead atoms. The Morgan fingerprint density at radius 3 is 2.65 bits per heavy atom. The highest BCUT2D eigenvalue weighted by Crippen LogP contribution is 2.33. The van der Waals surface area contributed by atoms with E-state index in [9.17, 15) is 0 Å². The van der Waals surface area contributed by atoms with Crippen molar-refractivity contribution in [3.63, 3.8) is 0 Å². The molecule has 1 saturated carbocycles. The highest BCUT2D eigenvalue weighted by atomic mass is 16.5. The lowest BCUT2D eigenvalue weighted by atomic mass is 10.2. The topological polar surface area (TPSA) is 50.3 Å². The highest BCUT2D eigenvalue weighted by molar-refractivity contribution is 5.59. The molecule has 5 nitrogen and oxygen atoms in total. The van der Waals surface area contributed by atoms with Crippen LogP contribution in [0.3, 0.4) is 0 Å². The van der Waals surface area contributed by atoms with Crippen LogP contribution < -0.4 is 10.2 Å². The number of rotatable bonds is 8. The second-order valence-corrected chi connectivity index (χ2v) is 5.41. The maximum Gasteiger partial charge on any atom is 0.137 e. The number of aryl methyl sites for hydroxylation is 1. The lowest BCUT2D eigenvalue weighted by molar-refractivity contribution is 0.204. The molecular weight excluding hydrogens is 252 g/mol. The number of ether oxygens (including phenoxy) is 1. The zero-order chi connectivity index (χ0) is 14.5. The van der Waals surface area contributed by atoms with Gasteiger partial charge in [-0.05, 0) is 33.1 Å². The Hall–Kier alpha value is -1.36. The van der Waals surface area contributed by atoms with E-state index in [4.69, 9.17) is 4.74 Å². The van der Waals surface area contributed by atoms with Crippen molar-refractivity contribution < 1.29 is 4.74 Å². The standard InChI is InChI=1S/C15H26N4O/c1-5-8-16-14-11(2)15(18-12(3)17-14)19(9-10-20-4)13-6-7-13/h13H,5-10H2,1-4H3,(H,16,17,18). The number of hydrogen-bond acceptors (Lipinski definition) is 5. The van der Waals surface area contributed by atoms with Gasteiger partial charge in [-0.3, -0.25) is 0 Å². The van der Waals surface area contributed by atoms with E-state index in [-0.39, 0.29) is 0 Å². The average Bonchev–Trinajstić information content (AvgIpc) is 3.25. The Bertz CT molecular complexity index is 446. The van der Waals surface area contributed by atoms with Crippen LogP contribution in [-0.4, -0.2) is 42.8 Å². The molecule has 1 aliphatic rings. The minimum Gasteiger partial charge on any atom is -0.383 e. The van der Waals surface area contributed by atoms with Gasteiger partial charge in [0.15, 0.2) is 0 Å². The van der Waals surface area contributed by atoms with Crippen molar-refractivity contribution in [2.24, 2.45) is 0 Å². The monoisotopic (exact) mass is 278 g/mol. The van der Waals surface area contributed by atoms with Crippen molar-refractivity contribution in [1.29, 1.82) is 0 Å². The van der Waals surface area contributed by atoms with Gasteiger partial charge in [0, 0.05) is 31.8 Å². The first-order chi connectivity index (χ1) is 9.67. The SMILES string of the molecule is CCCNc1nc(C)nc(N(CCOC)C2CC2)c1C. The van der Waals surface area contributed by atoms with E-state index in [1.165, 1.54) is 12.8 Å². The van der Waals surface area contributed by atoms with Gasteiger partial charge in [0.25, 0.3) is 0 Å². The lowest BCUT2D eigenvalue weighted by Crippen LogP contribution is -2.31. The van der Waals surface area contributed by atoms with Crippen LogP contribution in [-0.2, 0) is 4.74 Å². The maximum absolute atomic E-state index is 5.24. The van der Waals surface area contributed by atoms with Crippen LogP contribution in [0.25, 0.3) is 0 Å². The molecular formula is C15H26N4O. The fourth-order valence-electron chi connectivity index (χ4n) is 2.35. The fourth-order valence-corrected chi connectivity index (χ4v) is 2.35. The molecule has 0 amide bonds. The summed E-state index contributed by atoms with van der Waals surface area (Å²) in [6.45, 7) is 8.80. The smallest absolute Gasteiger partial charge is 0.137 e. The summed E-state index contributed by atoms with van der Waals surface area (Å²) >= 11 is 0. The van der Waals surface area contributed by atoms with Gasteiger partial charge in [0.05, 0.1) is 6.61 Å². The number of hydrogen-bond donors (Lipinski definition) is 1. The molecule has 1 fully saturated rings. The van der Waals surface area contributed by atoms with Crippen LogP contribution in [0.1, 0.15) is 37.6 Å². The molecule has 0 spiro atoms.